The van der Waals surface area contributed by atoms with E-state index in [2.05, 4.69) is 9.72 Å². The summed E-state index contributed by atoms with van der Waals surface area (Å²) in [4.78, 5) is 2.83. The molecule has 0 unspecified atom stereocenters. The van der Waals surface area contributed by atoms with Crippen molar-refractivity contribution in [3.8, 4) is 11.8 Å². The zero-order valence-corrected chi connectivity index (χ0v) is 8.42. The molecule has 2 aromatic rings. The standard InChI is InChI=1S/C11H8F2N2O/c1-6-5-15-10-8(16-11(12)13)3-2-7(4-14)9(6)10/h2-3,5,11,15H,1H3. The molecule has 16 heavy (non-hydrogen) atoms. The van der Waals surface area contributed by atoms with Gasteiger partial charge in [-0.05, 0) is 24.6 Å². The molecule has 0 saturated carbocycles. The van der Waals surface area contributed by atoms with Gasteiger partial charge < -0.3 is 9.72 Å². The number of aryl methyl sites for hydroxylation is 1. The van der Waals surface area contributed by atoms with E-state index in [9.17, 15) is 8.78 Å². The number of halogens is 2. The van der Waals surface area contributed by atoms with Gasteiger partial charge in [-0.1, -0.05) is 0 Å². The summed E-state index contributed by atoms with van der Waals surface area (Å²) in [6.07, 6.45) is 1.66. The number of alkyl halides is 2. The molecule has 0 bridgehead atoms. The Morgan fingerprint density at radius 3 is 2.81 bits per heavy atom. The van der Waals surface area contributed by atoms with Gasteiger partial charge in [-0.25, -0.2) is 0 Å². The molecule has 1 aromatic heterocycles. The minimum absolute atomic E-state index is 0.0529. The van der Waals surface area contributed by atoms with Crippen molar-refractivity contribution in [3.05, 3.63) is 29.5 Å². The van der Waals surface area contributed by atoms with E-state index < -0.39 is 6.61 Å². The van der Waals surface area contributed by atoms with Crippen molar-refractivity contribution >= 4 is 10.9 Å². The smallest absolute Gasteiger partial charge is 0.387 e. The van der Waals surface area contributed by atoms with Gasteiger partial charge in [0.15, 0.2) is 0 Å². The molecular weight excluding hydrogens is 214 g/mol. The number of rotatable bonds is 2. The number of H-pyrrole nitrogens is 1. The van der Waals surface area contributed by atoms with Crippen LogP contribution in [0.5, 0.6) is 5.75 Å². The Bertz CT molecular complexity index is 569. The molecule has 3 nitrogen and oxygen atoms in total. The van der Waals surface area contributed by atoms with Gasteiger partial charge in [-0.15, -0.1) is 0 Å². The zero-order chi connectivity index (χ0) is 11.7. The number of ether oxygens (including phenoxy) is 1. The third-order valence-electron chi connectivity index (χ3n) is 2.33. The number of aromatic amines is 1. The largest absolute Gasteiger partial charge is 0.433 e. The lowest BCUT2D eigenvalue weighted by Crippen LogP contribution is -2.02. The van der Waals surface area contributed by atoms with E-state index in [1.54, 1.807) is 13.1 Å². The molecule has 0 saturated heterocycles. The molecule has 1 N–H and O–H groups in total. The Morgan fingerprint density at radius 1 is 1.44 bits per heavy atom. The van der Waals surface area contributed by atoms with Crippen LogP contribution < -0.4 is 4.74 Å². The third-order valence-corrected chi connectivity index (χ3v) is 2.33. The molecule has 1 aromatic carbocycles. The maximum Gasteiger partial charge on any atom is 0.387 e. The van der Waals surface area contributed by atoms with Crippen LogP contribution in [0.15, 0.2) is 18.3 Å². The predicted molar refractivity (Wildman–Crippen MR) is 54.4 cm³/mol. The number of hydrogen-bond acceptors (Lipinski definition) is 2. The van der Waals surface area contributed by atoms with Crippen LogP contribution in [0, 0.1) is 18.3 Å². The summed E-state index contributed by atoms with van der Waals surface area (Å²) in [5.74, 6) is 0.0529. The van der Waals surface area contributed by atoms with Gasteiger partial charge in [-0.3, -0.25) is 0 Å². The van der Waals surface area contributed by atoms with E-state index in [-0.39, 0.29) is 5.75 Å². The lowest BCUT2D eigenvalue weighted by atomic mass is 10.1. The number of nitrogens with one attached hydrogen (secondary N) is 1. The summed E-state index contributed by atoms with van der Waals surface area (Å²) in [7, 11) is 0. The lowest BCUT2D eigenvalue weighted by Gasteiger charge is -2.06. The van der Waals surface area contributed by atoms with Crippen LogP contribution in [0.1, 0.15) is 11.1 Å². The predicted octanol–water partition coefficient (Wildman–Crippen LogP) is 2.95. The van der Waals surface area contributed by atoms with Crippen molar-refractivity contribution in [2.24, 2.45) is 0 Å². The fourth-order valence-electron chi connectivity index (χ4n) is 1.68. The molecule has 0 aliphatic heterocycles. The minimum atomic E-state index is -2.88. The fourth-order valence-corrected chi connectivity index (χ4v) is 1.68. The van der Waals surface area contributed by atoms with Crippen LogP contribution >= 0.6 is 0 Å². The fraction of sp³-hybridized carbons (Fsp3) is 0.182. The van der Waals surface area contributed by atoms with Crippen molar-refractivity contribution in [2.45, 2.75) is 13.5 Å². The van der Waals surface area contributed by atoms with Gasteiger partial charge >= 0.3 is 6.61 Å². The van der Waals surface area contributed by atoms with Gasteiger partial charge in [0.25, 0.3) is 0 Å². The molecular formula is C11H8F2N2O. The highest BCUT2D eigenvalue weighted by Crippen LogP contribution is 2.30. The zero-order valence-electron chi connectivity index (χ0n) is 8.42. The lowest BCUT2D eigenvalue weighted by molar-refractivity contribution is -0.0489. The van der Waals surface area contributed by atoms with Gasteiger partial charge in [0.05, 0.1) is 17.1 Å². The van der Waals surface area contributed by atoms with Crippen molar-refractivity contribution in [3.63, 3.8) is 0 Å². The number of aromatic nitrogens is 1. The average Bonchev–Trinajstić information content (AvgIpc) is 2.62. The summed E-state index contributed by atoms with van der Waals surface area (Å²) < 4.78 is 28.6. The second kappa shape index (κ2) is 3.81. The Balaban J connectivity index is 2.67. The number of hydrogen-bond donors (Lipinski definition) is 1. The Labute approximate surface area is 90.3 Å². The summed E-state index contributed by atoms with van der Waals surface area (Å²) in [5, 5.41) is 9.52. The highest BCUT2D eigenvalue weighted by atomic mass is 19.3. The van der Waals surface area contributed by atoms with Crippen LogP contribution in [-0.4, -0.2) is 11.6 Å². The normalized spacial score (nSPS) is 10.7. The highest BCUT2D eigenvalue weighted by molar-refractivity contribution is 5.92. The second-order valence-electron chi connectivity index (χ2n) is 3.32. The van der Waals surface area contributed by atoms with E-state index in [1.165, 1.54) is 12.1 Å². The van der Waals surface area contributed by atoms with Crippen molar-refractivity contribution in [2.75, 3.05) is 0 Å². The second-order valence-corrected chi connectivity index (χ2v) is 3.32. The van der Waals surface area contributed by atoms with Crippen LogP contribution in [0.25, 0.3) is 10.9 Å². The van der Waals surface area contributed by atoms with Gasteiger partial charge in [0.2, 0.25) is 0 Å². The van der Waals surface area contributed by atoms with Crippen LogP contribution in [0.2, 0.25) is 0 Å². The first kappa shape index (κ1) is 10.4. The van der Waals surface area contributed by atoms with Crippen LogP contribution in [0.4, 0.5) is 8.78 Å². The first-order chi connectivity index (χ1) is 7.63. The van der Waals surface area contributed by atoms with E-state index >= 15 is 0 Å². The molecule has 0 radical (unpaired) electrons. The molecule has 1 heterocycles. The Kier molecular flexibility index (Phi) is 2.49. The first-order valence-corrected chi connectivity index (χ1v) is 4.59. The number of nitrogens with zero attached hydrogens (tertiary/aromatic N) is 1. The summed E-state index contributed by atoms with van der Waals surface area (Å²) >= 11 is 0. The number of fused-ring (bicyclic) bond motifs is 1. The molecule has 0 aliphatic carbocycles. The highest BCUT2D eigenvalue weighted by Gasteiger charge is 2.13. The summed E-state index contributed by atoms with van der Waals surface area (Å²) in [6, 6.07) is 4.85. The molecule has 82 valence electrons. The topological polar surface area (TPSA) is 48.8 Å². The third kappa shape index (κ3) is 1.58. The molecule has 0 aliphatic rings. The maximum absolute atomic E-state index is 12.1. The van der Waals surface area contributed by atoms with Gasteiger partial charge in [0.1, 0.15) is 5.75 Å². The Morgan fingerprint density at radius 2 is 2.19 bits per heavy atom. The van der Waals surface area contributed by atoms with Crippen LogP contribution in [0.3, 0.4) is 0 Å². The van der Waals surface area contributed by atoms with E-state index in [1.807, 2.05) is 6.07 Å². The van der Waals surface area contributed by atoms with Gasteiger partial charge in [0, 0.05) is 11.6 Å². The molecule has 0 fully saturated rings. The monoisotopic (exact) mass is 222 g/mol. The minimum Gasteiger partial charge on any atom is -0.433 e. The van der Waals surface area contributed by atoms with Crippen molar-refractivity contribution < 1.29 is 13.5 Å². The maximum atomic E-state index is 12.1. The molecule has 0 atom stereocenters. The van der Waals surface area contributed by atoms with E-state index in [0.29, 0.717) is 16.5 Å². The van der Waals surface area contributed by atoms with Gasteiger partial charge in [-0.2, -0.15) is 14.0 Å². The molecule has 5 heteroatoms. The Hall–Kier alpha value is -2.09. The molecule has 2 rings (SSSR count). The van der Waals surface area contributed by atoms with E-state index in [0.717, 1.165) is 5.56 Å². The molecule has 0 spiro atoms. The first-order valence-electron chi connectivity index (χ1n) is 4.59. The van der Waals surface area contributed by atoms with Crippen LogP contribution in [-0.2, 0) is 0 Å². The molecule has 0 amide bonds. The number of benzene rings is 1. The number of nitriles is 1. The van der Waals surface area contributed by atoms with E-state index in [4.69, 9.17) is 5.26 Å². The summed E-state index contributed by atoms with van der Waals surface area (Å²) in [6.45, 7) is -1.08. The average molecular weight is 222 g/mol. The quantitative estimate of drug-likeness (QED) is 0.849. The SMILES string of the molecule is Cc1c[nH]c2c(OC(F)F)ccc(C#N)c12. The summed E-state index contributed by atoms with van der Waals surface area (Å²) in [5.41, 5.74) is 1.69. The van der Waals surface area contributed by atoms with Crippen molar-refractivity contribution in [1.29, 1.82) is 5.26 Å². The van der Waals surface area contributed by atoms with Crippen molar-refractivity contribution in [1.82, 2.24) is 4.98 Å².